The molecule has 1 rings (SSSR count). The lowest BCUT2D eigenvalue weighted by atomic mass is 10.2. The van der Waals surface area contributed by atoms with Gasteiger partial charge in [0.2, 0.25) is 5.91 Å². The maximum absolute atomic E-state index is 10.5. The summed E-state index contributed by atoms with van der Waals surface area (Å²) in [5, 5.41) is 2.75. The fourth-order valence-corrected chi connectivity index (χ4v) is 1.08. The molecule has 0 aliphatic rings. The van der Waals surface area contributed by atoms with Crippen molar-refractivity contribution in [3.05, 3.63) is 30.1 Å². The third-order valence-corrected chi connectivity index (χ3v) is 1.71. The van der Waals surface area contributed by atoms with Crippen LogP contribution < -0.4 is 5.32 Å². The molecule has 0 spiro atoms. The molecule has 1 aromatic heterocycles. The van der Waals surface area contributed by atoms with Gasteiger partial charge in [-0.15, -0.1) is 0 Å². The highest BCUT2D eigenvalue weighted by molar-refractivity contribution is 5.72. The lowest BCUT2D eigenvalue weighted by molar-refractivity contribution is -0.118. The molecule has 1 N–H and O–H groups in total. The van der Waals surface area contributed by atoms with Crippen LogP contribution in [0.25, 0.3) is 0 Å². The molecular formula is C10H14N2O. The normalized spacial score (nSPS) is 9.62. The fraction of sp³-hybridized carbons (Fsp3) is 0.400. The molecule has 1 aromatic rings. The first kappa shape index (κ1) is 9.71. The zero-order valence-electron chi connectivity index (χ0n) is 7.79. The molecule has 3 heteroatoms. The minimum Gasteiger partial charge on any atom is -0.356 e. The standard InChI is InChI=1S/C10H14N2O/c1-9(13)11-8-4-6-10-5-2-3-7-12-10/h2-3,5,7H,4,6,8H2,1H3,(H,11,13). The Morgan fingerprint density at radius 1 is 1.54 bits per heavy atom. The molecule has 0 atom stereocenters. The van der Waals surface area contributed by atoms with Gasteiger partial charge in [-0.2, -0.15) is 0 Å². The first-order chi connectivity index (χ1) is 6.29. The molecule has 0 radical (unpaired) electrons. The lowest BCUT2D eigenvalue weighted by Gasteiger charge is -2.01. The van der Waals surface area contributed by atoms with Crippen molar-refractivity contribution in [2.75, 3.05) is 6.54 Å². The predicted octanol–water partition coefficient (Wildman–Crippen LogP) is 1.15. The molecule has 0 fully saturated rings. The quantitative estimate of drug-likeness (QED) is 0.703. The Kier molecular flexibility index (Phi) is 3.96. The number of nitrogens with one attached hydrogen (secondary N) is 1. The summed E-state index contributed by atoms with van der Waals surface area (Å²) in [4.78, 5) is 14.7. The Morgan fingerprint density at radius 2 is 2.38 bits per heavy atom. The Hall–Kier alpha value is -1.38. The van der Waals surface area contributed by atoms with Crippen LogP contribution in [0.2, 0.25) is 0 Å². The zero-order chi connectivity index (χ0) is 9.52. The number of rotatable bonds is 4. The molecule has 1 amide bonds. The van der Waals surface area contributed by atoms with E-state index in [4.69, 9.17) is 0 Å². The van der Waals surface area contributed by atoms with Gasteiger partial charge in [0.05, 0.1) is 0 Å². The third kappa shape index (κ3) is 4.25. The van der Waals surface area contributed by atoms with Gasteiger partial charge >= 0.3 is 0 Å². The van der Waals surface area contributed by atoms with Gasteiger partial charge in [-0.1, -0.05) is 6.07 Å². The number of nitrogens with zero attached hydrogens (tertiary/aromatic N) is 1. The van der Waals surface area contributed by atoms with Crippen LogP contribution in [-0.2, 0) is 11.2 Å². The van der Waals surface area contributed by atoms with Crippen LogP contribution in [0, 0.1) is 0 Å². The average molecular weight is 178 g/mol. The second-order valence-corrected chi connectivity index (χ2v) is 2.91. The van der Waals surface area contributed by atoms with Gasteiger partial charge in [0, 0.05) is 25.4 Å². The third-order valence-electron chi connectivity index (χ3n) is 1.71. The van der Waals surface area contributed by atoms with Gasteiger partial charge in [0.15, 0.2) is 0 Å². The molecule has 0 saturated heterocycles. The first-order valence-electron chi connectivity index (χ1n) is 4.43. The van der Waals surface area contributed by atoms with E-state index in [1.165, 1.54) is 6.92 Å². The van der Waals surface area contributed by atoms with Gasteiger partial charge < -0.3 is 5.32 Å². The number of carbonyl (C=O) groups excluding carboxylic acids is 1. The van der Waals surface area contributed by atoms with E-state index in [0.717, 1.165) is 25.1 Å². The van der Waals surface area contributed by atoms with Crippen LogP contribution >= 0.6 is 0 Å². The zero-order valence-corrected chi connectivity index (χ0v) is 7.79. The van der Waals surface area contributed by atoms with E-state index in [0.29, 0.717) is 0 Å². The Morgan fingerprint density at radius 3 is 3.00 bits per heavy atom. The number of pyridine rings is 1. The summed E-state index contributed by atoms with van der Waals surface area (Å²) in [6, 6.07) is 5.87. The number of aryl methyl sites for hydroxylation is 1. The average Bonchev–Trinajstić information content (AvgIpc) is 2.14. The minimum absolute atomic E-state index is 0.0287. The van der Waals surface area contributed by atoms with E-state index in [9.17, 15) is 4.79 Å². The molecule has 0 aliphatic heterocycles. The summed E-state index contributed by atoms with van der Waals surface area (Å²) in [6.45, 7) is 2.26. The SMILES string of the molecule is CC(=O)NCCCc1ccccn1. The molecule has 0 saturated carbocycles. The molecule has 70 valence electrons. The summed E-state index contributed by atoms with van der Waals surface area (Å²) in [5.74, 6) is 0.0287. The van der Waals surface area contributed by atoms with Gasteiger partial charge in [-0.3, -0.25) is 9.78 Å². The molecule has 0 aromatic carbocycles. The van der Waals surface area contributed by atoms with Gasteiger partial charge in [0.1, 0.15) is 0 Å². The summed E-state index contributed by atoms with van der Waals surface area (Å²) < 4.78 is 0. The molecule has 0 aliphatic carbocycles. The minimum atomic E-state index is 0.0287. The summed E-state index contributed by atoms with van der Waals surface area (Å²) in [6.07, 6.45) is 3.64. The molecule has 0 bridgehead atoms. The molecule has 0 unspecified atom stereocenters. The van der Waals surface area contributed by atoms with Crippen LogP contribution in [0.15, 0.2) is 24.4 Å². The van der Waals surface area contributed by atoms with Gasteiger partial charge in [0.25, 0.3) is 0 Å². The van der Waals surface area contributed by atoms with Crippen molar-refractivity contribution in [1.82, 2.24) is 10.3 Å². The van der Waals surface area contributed by atoms with Crippen molar-refractivity contribution in [3.8, 4) is 0 Å². The highest BCUT2D eigenvalue weighted by Crippen LogP contribution is 1.96. The fourth-order valence-electron chi connectivity index (χ4n) is 1.08. The number of carbonyl (C=O) groups is 1. The van der Waals surface area contributed by atoms with E-state index < -0.39 is 0 Å². The van der Waals surface area contributed by atoms with Crippen LogP contribution in [0.3, 0.4) is 0 Å². The van der Waals surface area contributed by atoms with E-state index in [1.54, 1.807) is 6.20 Å². The first-order valence-corrected chi connectivity index (χ1v) is 4.43. The maximum Gasteiger partial charge on any atom is 0.216 e. The monoisotopic (exact) mass is 178 g/mol. The van der Waals surface area contributed by atoms with Crippen LogP contribution in [0.1, 0.15) is 19.0 Å². The van der Waals surface area contributed by atoms with Gasteiger partial charge in [-0.05, 0) is 25.0 Å². The van der Waals surface area contributed by atoms with Crippen molar-refractivity contribution >= 4 is 5.91 Å². The van der Waals surface area contributed by atoms with Crippen LogP contribution in [0.4, 0.5) is 0 Å². The van der Waals surface area contributed by atoms with Crippen LogP contribution in [-0.4, -0.2) is 17.4 Å². The van der Waals surface area contributed by atoms with Crippen molar-refractivity contribution < 1.29 is 4.79 Å². The lowest BCUT2D eigenvalue weighted by Crippen LogP contribution is -2.21. The highest BCUT2D eigenvalue weighted by atomic mass is 16.1. The number of hydrogen-bond acceptors (Lipinski definition) is 2. The van der Waals surface area contributed by atoms with Crippen molar-refractivity contribution in [1.29, 1.82) is 0 Å². The predicted molar refractivity (Wildman–Crippen MR) is 51.2 cm³/mol. The summed E-state index contributed by atoms with van der Waals surface area (Å²) in [7, 11) is 0. The maximum atomic E-state index is 10.5. The smallest absolute Gasteiger partial charge is 0.216 e. The van der Waals surface area contributed by atoms with E-state index in [2.05, 4.69) is 10.3 Å². The Bertz CT molecular complexity index is 259. The number of hydrogen-bond donors (Lipinski definition) is 1. The molecule has 1 heterocycles. The number of amides is 1. The molecule has 13 heavy (non-hydrogen) atoms. The molecule has 3 nitrogen and oxygen atoms in total. The topological polar surface area (TPSA) is 42.0 Å². The second kappa shape index (κ2) is 5.30. The summed E-state index contributed by atoms with van der Waals surface area (Å²) >= 11 is 0. The van der Waals surface area contributed by atoms with Crippen LogP contribution in [0.5, 0.6) is 0 Å². The highest BCUT2D eigenvalue weighted by Gasteiger charge is 1.93. The van der Waals surface area contributed by atoms with E-state index >= 15 is 0 Å². The second-order valence-electron chi connectivity index (χ2n) is 2.91. The Labute approximate surface area is 78.2 Å². The van der Waals surface area contributed by atoms with E-state index in [-0.39, 0.29) is 5.91 Å². The van der Waals surface area contributed by atoms with Gasteiger partial charge in [-0.25, -0.2) is 0 Å². The van der Waals surface area contributed by atoms with Crippen molar-refractivity contribution in [2.45, 2.75) is 19.8 Å². The largest absolute Gasteiger partial charge is 0.356 e. The van der Waals surface area contributed by atoms with E-state index in [1.807, 2.05) is 18.2 Å². The Balaban J connectivity index is 2.17. The van der Waals surface area contributed by atoms with Crippen molar-refractivity contribution in [3.63, 3.8) is 0 Å². The molecular weight excluding hydrogens is 164 g/mol. The van der Waals surface area contributed by atoms with Crippen molar-refractivity contribution in [2.24, 2.45) is 0 Å². The number of aromatic nitrogens is 1. The summed E-state index contributed by atoms with van der Waals surface area (Å²) in [5.41, 5.74) is 1.08.